The molecule has 0 unspecified atom stereocenters. The van der Waals surface area contributed by atoms with E-state index in [1.165, 1.54) is 19.3 Å². The number of nitrogens with zero attached hydrogens (tertiary/aromatic N) is 1. The van der Waals surface area contributed by atoms with Gasteiger partial charge in [0.1, 0.15) is 0 Å². The van der Waals surface area contributed by atoms with Gasteiger partial charge in [0.15, 0.2) is 0 Å². The van der Waals surface area contributed by atoms with Crippen LogP contribution in [-0.2, 0) is 9.59 Å². The second-order valence-corrected chi connectivity index (χ2v) is 10.4. The van der Waals surface area contributed by atoms with Crippen LogP contribution in [0.2, 0.25) is 0 Å². The van der Waals surface area contributed by atoms with Gasteiger partial charge in [0.25, 0.3) is 0 Å². The first-order valence-corrected chi connectivity index (χ1v) is 10.4. The lowest BCUT2D eigenvalue weighted by molar-refractivity contribution is -0.146. The monoisotopic (exact) mass is 363 g/mol. The van der Waals surface area contributed by atoms with Crippen molar-refractivity contribution in [3.8, 4) is 0 Å². The average molecular weight is 364 g/mol. The van der Waals surface area contributed by atoms with Crippen molar-refractivity contribution >= 4 is 11.8 Å². The molecule has 0 aliphatic heterocycles. The summed E-state index contributed by atoms with van der Waals surface area (Å²) in [5, 5.41) is 6.11. The third kappa shape index (κ3) is 4.59. The lowest BCUT2D eigenvalue weighted by atomic mass is 9.49. The van der Waals surface area contributed by atoms with E-state index in [-0.39, 0.29) is 22.6 Å². The molecule has 4 saturated carbocycles. The summed E-state index contributed by atoms with van der Waals surface area (Å²) in [6.07, 6.45) is 7.64. The minimum Gasteiger partial charge on any atom is -0.355 e. The SMILES string of the molecule is CN(C)CC(C)(C)CNC(=O)CCNC(=O)C12CC3CC(CC(C3)C1)C2. The van der Waals surface area contributed by atoms with Crippen LogP contribution >= 0.6 is 0 Å². The molecule has 0 atom stereocenters. The van der Waals surface area contributed by atoms with Crippen LogP contribution in [0.5, 0.6) is 0 Å². The minimum absolute atomic E-state index is 0.0302. The number of carbonyl (C=O) groups is 2. The quantitative estimate of drug-likeness (QED) is 0.696. The highest BCUT2D eigenvalue weighted by Crippen LogP contribution is 2.60. The van der Waals surface area contributed by atoms with Crippen LogP contribution in [0, 0.1) is 28.6 Å². The first-order chi connectivity index (χ1) is 12.2. The Labute approximate surface area is 158 Å². The van der Waals surface area contributed by atoms with Gasteiger partial charge in [0.2, 0.25) is 11.8 Å². The molecule has 26 heavy (non-hydrogen) atoms. The van der Waals surface area contributed by atoms with E-state index < -0.39 is 0 Å². The zero-order chi connectivity index (χ0) is 18.9. The second kappa shape index (κ2) is 7.49. The fourth-order valence-electron chi connectivity index (χ4n) is 6.20. The molecule has 2 amide bonds. The van der Waals surface area contributed by atoms with Crippen LogP contribution in [-0.4, -0.2) is 50.4 Å². The summed E-state index contributed by atoms with van der Waals surface area (Å²) >= 11 is 0. The van der Waals surface area contributed by atoms with Gasteiger partial charge in [-0.05, 0) is 75.8 Å². The first kappa shape index (κ1) is 19.7. The van der Waals surface area contributed by atoms with Gasteiger partial charge in [0, 0.05) is 31.5 Å². The van der Waals surface area contributed by atoms with Crippen LogP contribution < -0.4 is 10.6 Å². The Balaban J connectivity index is 1.39. The number of carbonyl (C=O) groups excluding carboxylic acids is 2. The van der Waals surface area contributed by atoms with E-state index in [1.807, 2.05) is 14.1 Å². The van der Waals surface area contributed by atoms with Gasteiger partial charge in [-0.3, -0.25) is 9.59 Å². The van der Waals surface area contributed by atoms with Gasteiger partial charge < -0.3 is 15.5 Å². The smallest absolute Gasteiger partial charge is 0.226 e. The molecule has 0 spiro atoms. The topological polar surface area (TPSA) is 61.4 Å². The maximum absolute atomic E-state index is 12.9. The molecule has 4 aliphatic rings. The lowest BCUT2D eigenvalue weighted by Crippen LogP contribution is -2.53. The molecule has 0 radical (unpaired) electrons. The van der Waals surface area contributed by atoms with Gasteiger partial charge >= 0.3 is 0 Å². The van der Waals surface area contributed by atoms with Crippen molar-refractivity contribution in [3.63, 3.8) is 0 Å². The Morgan fingerprint density at radius 3 is 2.04 bits per heavy atom. The molecule has 5 heteroatoms. The van der Waals surface area contributed by atoms with Crippen LogP contribution in [0.1, 0.15) is 58.8 Å². The summed E-state index contributed by atoms with van der Waals surface area (Å²) in [6.45, 7) is 6.35. The number of rotatable bonds is 8. The number of nitrogens with one attached hydrogen (secondary N) is 2. The van der Waals surface area contributed by atoms with Crippen molar-refractivity contribution in [2.45, 2.75) is 58.8 Å². The van der Waals surface area contributed by atoms with E-state index in [0.29, 0.717) is 19.5 Å². The number of hydrogen-bond donors (Lipinski definition) is 2. The fourth-order valence-corrected chi connectivity index (χ4v) is 6.20. The van der Waals surface area contributed by atoms with Crippen LogP contribution in [0.3, 0.4) is 0 Å². The van der Waals surface area contributed by atoms with E-state index in [0.717, 1.165) is 43.6 Å². The van der Waals surface area contributed by atoms with Gasteiger partial charge in [-0.2, -0.15) is 0 Å². The normalized spacial score (nSPS) is 32.7. The van der Waals surface area contributed by atoms with Crippen molar-refractivity contribution < 1.29 is 9.59 Å². The van der Waals surface area contributed by atoms with Crippen molar-refractivity contribution in [2.24, 2.45) is 28.6 Å². The Morgan fingerprint density at radius 2 is 1.54 bits per heavy atom. The Kier molecular flexibility index (Phi) is 5.66. The third-order valence-electron chi connectivity index (χ3n) is 6.67. The highest BCUT2D eigenvalue weighted by molar-refractivity contribution is 5.84. The zero-order valence-corrected chi connectivity index (χ0v) is 17.1. The average Bonchev–Trinajstić information content (AvgIpc) is 2.50. The molecule has 4 rings (SSSR count). The second-order valence-electron chi connectivity index (χ2n) is 10.4. The molecule has 0 aromatic heterocycles. The first-order valence-electron chi connectivity index (χ1n) is 10.4. The number of amides is 2. The summed E-state index contributed by atoms with van der Waals surface area (Å²) in [6, 6.07) is 0. The molecule has 4 aliphatic carbocycles. The van der Waals surface area contributed by atoms with Crippen LogP contribution in [0.4, 0.5) is 0 Å². The zero-order valence-electron chi connectivity index (χ0n) is 17.1. The summed E-state index contributed by atoms with van der Waals surface area (Å²) in [7, 11) is 4.09. The Hall–Kier alpha value is -1.10. The van der Waals surface area contributed by atoms with E-state index >= 15 is 0 Å². The van der Waals surface area contributed by atoms with Crippen LogP contribution in [0.15, 0.2) is 0 Å². The molecular formula is C21H37N3O2. The Bertz CT molecular complexity index is 506. The molecule has 0 aromatic rings. The van der Waals surface area contributed by atoms with E-state index in [2.05, 4.69) is 29.4 Å². The molecule has 0 aromatic carbocycles. The van der Waals surface area contributed by atoms with Crippen molar-refractivity contribution in [3.05, 3.63) is 0 Å². The third-order valence-corrected chi connectivity index (χ3v) is 6.67. The highest BCUT2D eigenvalue weighted by Gasteiger charge is 2.54. The molecule has 4 fully saturated rings. The summed E-state index contributed by atoms with van der Waals surface area (Å²) in [5.74, 6) is 2.57. The van der Waals surface area contributed by atoms with E-state index in [9.17, 15) is 9.59 Å². The maximum Gasteiger partial charge on any atom is 0.226 e. The van der Waals surface area contributed by atoms with Crippen molar-refractivity contribution in [2.75, 3.05) is 33.7 Å². The fraction of sp³-hybridized carbons (Fsp3) is 0.905. The molecule has 2 N–H and O–H groups in total. The largest absolute Gasteiger partial charge is 0.355 e. The highest BCUT2D eigenvalue weighted by atomic mass is 16.2. The predicted molar refractivity (Wildman–Crippen MR) is 104 cm³/mol. The van der Waals surface area contributed by atoms with Crippen LogP contribution in [0.25, 0.3) is 0 Å². The molecule has 0 heterocycles. The number of hydrogen-bond acceptors (Lipinski definition) is 3. The summed E-state index contributed by atoms with van der Waals surface area (Å²) in [4.78, 5) is 27.1. The van der Waals surface area contributed by atoms with E-state index in [1.54, 1.807) is 0 Å². The Morgan fingerprint density at radius 1 is 1.00 bits per heavy atom. The maximum atomic E-state index is 12.9. The summed E-state index contributed by atoms with van der Waals surface area (Å²) < 4.78 is 0. The molecular weight excluding hydrogens is 326 g/mol. The molecule has 4 bridgehead atoms. The predicted octanol–water partition coefficient (Wildman–Crippen LogP) is 2.41. The van der Waals surface area contributed by atoms with E-state index in [4.69, 9.17) is 0 Å². The van der Waals surface area contributed by atoms with Crippen molar-refractivity contribution in [1.82, 2.24) is 15.5 Å². The van der Waals surface area contributed by atoms with Gasteiger partial charge in [-0.1, -0.05) is 13.8 Å². The summed E-state index contributed by atoms with van der Waals surface area (Å²) in [5.41, 5.74) is -0.0689. The van der Waals surface area contributed by atoms with Gasteiger partial charge in [-0.25, -0.2) is 0 Å². The van der Waals surface area contributed by atoms with Gasteiger partial charge in [0.05, 0.1) is 0 Å². The molecule has 148 valence electrons. The molecule has 0 saturated heterocycles. The minimum atomic E-state index is -0.112. The van der Waals surface area contributed by atoms with Gasteiger partial charge in [-0.15, -0.1) is 0 Å². The standard InChI is InChI=1S/C21H37N3O2/c1-20(2,14-24(3)4)13-23-18(25)5-6-22-19(26)21-10-15-7-16(11-21)9-17(8-15)12-21/h15-17H,5-14H2,1-4H3,(H,22,26)(H,23,25). The van der Waals surface area contributed by atoms with Crippen molar-refractivity contribution in [1.29, 1.82) is 0 Å². The molecule has 5 nitrogen and oxygen atoms in total. The lowest BCUT2D eigenvalue weighted by Gasteiger charge is -2.55.